The van der Waals surface area contributed by atoms with Crippen LogP contribution in [0.5, 0.6) is 17.2 Å². The van der Waals surface area contributed by atoms with E-state index in [2.05, 4.69) is 31.4 Å². The highest BCUT2D eigenvalue weighted by molar-refractivity contribution is 5.92. The van der Waals surface area contributed by atoms with Crippen LogP contribution in [-0.4, -0.2) is 15.5 Å². The van der Waals surface area contributed by atoms with Crippen LogP contribution in [-0.2, 0) is 11.3 Å². The number of benzene rings is 1. The van der Waals surface area contributed by atoms with Gasteiger partial charge in [-0.3, -0.25) is 0 Å². The predicted octanol–water partition coefficient (Wildman–Crippen LogP) is 5.42. The number of hydrogen-bond acceptors (Lipinski definition) is 6. The van der Waals surface area contributed by atoms with Crippen molar-refractivity contribution in [2.24, 2.45) is 0 Å². The van der Waals surface area contributed by atoms with Crippen LogP contribution in [0.1, 0.15) is 39.2 Å². The van der Waals surface area contributed by atoms with Crippen molar-refractivity contribution in [3.05, 3.63) is 53.7 Å². The zero-order chi connectivity index (χ0) is 19.3. The summed E-state index contributed by atoms with van der Waals surface area (Å²) in [6.45, 7) is 9.53. The average molecular weight is 360 g/mol. The smallest absolute Gasteiger partial charge is 0.314 e. The monoisotopic (exact) mass is 360 g/mol. The molecule has 0 saturated heterocycles. The maximum Gasteiger partial charge on any atom is 0.314 e. The van der Waals surface area contributed by atoms with Crippen LogP contribution >= 0.6 is 0 Å². The molecule has 3 N–H and O–H groups in total. The summed E-state index contributed by atoms with van der Waals surface area (Å²) in [5.74, 6) is -0.434. The standard InChI is InChI=1S/C20H24O6/c1-12(2)6-5-7-13(3)8-9-15-17(25-14(4)26-23)10-18-19(20(15)22)16(21)11-24-18/h6,8,10-11,21-23H,4-5,7,9H2,1-3H3. The van der Waals surface area contributed by atoms with E-state index < -0.39 is 0 Å². The van der Waals surface area contributed by atoms with E-state index in [0.29, 0.717) is 12.0 Å². The molecule has 0 radical (unpaired) electrons. The van der Waals surface area contributed by atoms with Gasteiger partial charge >= 0.3 is 5.95 Å². The Labute approximate surface area is 152 Å². The molecule has 6 nitrogen and oxygen atoms in total. The molecule has 1 aromatic heterocycles. The first-order valence-electron chi connectivity index (χ1n) is 8.25. The van der Waals surface area contributed by atoms with Crippen molar-refractivity contribution in [3.8, 4) is 17.2 Å². The summed E-state index contributed by atoms with van der Waals surface area (Å²) in [4.78, 5) is 3.97. The Morgan fingerprint density at radius 1 is 1.23 bits per heavy atom. The molecule has 0 saturated carbocycles. The van der Waals surface area contributed by atoms with Crippen molar-refractivity contribution < 1.29 is 29.5 Å². The van der Waals surface area contributed by atoms with Gasteiger partial charge in [0.05, 0.1) is 0 Å². The molecule has 26 heavy (non-hydrogen) atoms. The lowest BCUT2D eigenvalue weighted by molar-refractivity contribution is -0.230. The third-order valence-electron chi connectivity index (χ3n) is 3.95. The lowest BCUT2D eigenvalue weighted by Crippen LogP contribution is -2.00. The van der Waals surface area contributed by atoms with Crippen LogP contribution in [0.25, 0.3) is 11.0 Å². The number of aromatic hydroxyl groups is 2. The number of ether oxygens (including phenoxy) is 1. The molecule has 0 fully saturated rings. The molecule has 0 aliphatic carbocycles. The van der Waals surface area contributed by atoms with Gasteiger partial charge in [0, 0.05) is 11.6 Å². The molecule has 0 atom stereocenters. The van der Waals surface area contributed by atoms with Crippen LogP contribution in [0, 0.1) is 0 Å². The number of phenolic OH excluding ortho intramolecular Hbond substituents is 1. The number of phenols is 1. The van der Waals surface area contributed by atoms with E-state index in [1.165, 1.54) is 11.6 Å². The lowest BCUT2D eigenvalue weighted by Gasteiger charge is -2.12. The summed E-state index contributed by atoms with van der Waals surface area (Å²) in [5, 5.41) is 29.3. The first-order valence-corrected chi connectivity index (χ1v) is 8.25. The molecule has 140 valence electrons. The van der Waals surface area contributed by atoms with Gasteiger partial charge in [-0.2, -0.15) is 5.26 Å². The predicted molar refractivity (Wildman–Crippen MR) is 99.2 cm³/mol. The van der Waals surface area contributed by atoms with Gasteiger partial charge < -0.3 is 24.3 Å². The van der Waals surface area contributed by atoms with E-state index in [1.807, 2.05) is 13.0 Å². The summed E-state index contributed by atoms with van der Waals surface area (Å²) in [5.41, 5.74) is 3.10. The minimum absolute atomic E-state index is 0.150. The van der Waals surface area contributed by atoms with Crippen LogP contribution in [0.15, 0.2) is 52.6 Å². The number of allylic oxidation sites excluding steroid dienone is 4. The average Bonchev–Trinajstić information content (AvgIpc) is 2.95. The second-order valence-corrected chi connectivity index (χ2v) is 6.34. The molecule has 6 heteroatoms. The van der Waals surface area contributed by atoms with E-state index in [0.717, 1.165) is 24.7 Å². The lowest BCUT2D eigenvalue weighted by atomic mass is 10.0. The Kier molecular flexibility index (Phi) is 6.36. The fourth-order valence-electron chi connectivity index (χ4n) is 2.58. The molecule has 1 heterocycles. The van der Waals surface area contributed by atoms with E-state index in [4.69, 9.17) is 14.4 Å². The summed E-state index contributed by atoms with van der Waals surface area (Å²) < 4.78 is 10.5. The molecule has 0 aliphatic heterocycles. The Balaban J connectivity index is 2.34. The minimum atomic E-state index is -0.343. The van der Waals surface area contributed by atoms with Crippen molar-refractivity contribution in [3.63, 3.8) is 0 Å². The first kappa shape index (κ1) is 19.5. The number of furan rings is 1. The van der Waals surface area contributed by atoms with Gasteiger partial charge in [0.25, 0.3) is 0 Å². The van der Waals surface area contributed by atoms with Crippen molar-refractivity contribution in [1.82, 2.24) is 0 Å². The fourth-order valence-corrected chi connectivity index (χ4v) is 2.58. The Hall–Kier alpha value is -2.86. The van der Waals surface area contributed by atoms with Gasteiger partial charge in [-0.25, -0.2) is 0 Å². The Morgan fingerprint density at radius 3 is 2.62 bits per heavy atom. The molecular weight excluding hydrogens is 336 g/mol. The summed E-state index contributed by atoms with van der Waals surface area (Å²) in [6, 6.07) is 1.50. The number of hydrogen-bond donors (Lipinski definition) is 3. The molecule has 0 bridgehead atoms. The normalized spacial score (nSPS) is 11.5. The highest BCUT2D eigenvalue weighted by Crippen LogP contribution is 2.42. The highest BCUT2D eigenvalue weighted by Gasteiger charge is 2.19. The maximum atomic E-state index is 10.6. The quantitative estimate of drug-likeness (QED) is 0.252. The maximum absolute atomic E-state index is 10.6. The summed E-state index contributed by atoms with van der Waals surface area (Å²) in [6.07, 6.45) is 7.48. The molecule has 0 spiro atoms. The van der Waals surface area contributed by atoms with Crippen molar-refractivity contribution >= 4 is 11.0 Å². The van der Waals surface area contributed by atoms with Gasteiger partial charge in [-0.1, -0.05) is 23.3 Å². The zero-order valence-electron chi connectivity index (χ0n) is 15.2. The number of rotatable bonds is 8. The first-order chi connectivity index (χ1) is 12.3. The van der Waals surface area contributed by atoms with Crippen molar-refractivity contribution in [2.45, 2.75) is 40.0 Å². The second-order valence-electron chi connectivity index (χ2n) is 6.34. The summed E-state index contributed by atoms with van der Waals surface area (Å²) >= 11 is 0. The minimum Gasteiger partial charge on any atom is -0.507 e. The van der Waals surface area contributed by atoms with E-state index in [1.54, 1.807) is 0 Å². The second kappa shape index (κ2) is 8.49. The molecule has 0 amide bonds. The SMILES string of the molecule is C=C(OO)Oc1cc2occ(O)c2c(O)c1CC=C(C)CCC=C(C)C. The van der Waals surface area contributed by atoms with E-state index in [9.17, 15) is 10.2 Å². The topological polar surface area (TPSA) is 92.3 Å². The van der Waals surface area contributed by atoms with Gasteiger partial charge in [0.15, 0.2) is 5.75 Å². The molecule has 2 rings (SSSR count). The molecule has 1 aromatic carbocycles. The zero-order valence-corrected chi connectivity index (χ0v) is 15.2. The largest absolute Gasteiger partial charge is 0.507 e. The molecule has 0 aliphatic rings. The Morgan fingerprint density at radius 2 is 1.96 bits per heavy atom. The van der Waals surface area contributed by atoms with Crippen molar-refractivity contribution in [2.75, 3.05) is 0 Å². The van der Waals surface area contributed by atoms with Crippen LogP contribution in [0.2, 0.25) is 0 Å². The molecule has 2 aromatic rings. The van der Waals surface area contributed by atoms with Gasteiger partial charge in [-0.05, 0) is 46.6 Å². The van der Waals surface area contributed by atoms with E-state index in [-0.39, 0.29) is 34.2 Å². The molecule has 0 unspecified atom stereocenters. The summed E-state index contributed by atoms with van der Waals surface area (Å²) in [7, 11) is 0. The van der Waals surface area contributed by atoms with Crippen LogP contribution in [0.3, 0.4) is 0 Å². The highest BCUT2D eigenvalue weighted by atomic mass is 17.1. The Bertz CT molecular complexity index is 853. The molecular formula is C20H24O6. The van der Waals surface area contributed by atoms with Gasteiger partial charge in [-0.15, -0.1) is 0 Å². The fraction of sp³-hybridized carbons (Fsp3) is 0.300. The van der Waals surface area contributed by atoms with Crippen LogP contribution < -0.4 is 4.74 Å². The van der Waals surface area contributed by atoms with Gasteiger partial charge in [0.2, 0.25) is 0 Å². The third kappa shape index (κ3) is 4.61. The van der Waals surface area contributed by atoms with Crippen molar-refractivity contribution in [1.29, 1.82) is 0 Å². The number of fused-ring (bicyclic) bond motifs is 1. The van der Waals surface area contributed by atoms with Gasteiger partial charge in [0.1, 0.15) is 28.7 Å². The van der Waals surface area contributed by atoms with E-state index >= 15 is 0 Å². The third-order valence-corrected chi connectivity index (χ3v) is 3.95. The van der Waals surface area contributed by atoms with Crippen LogP contribution in [0.4, 0.5) is 0 Å².